The van der Waals surface area contributed by atoms with Crippen molar-refractivity contribution >= 4 is 34.9 Å². The number of ether oxygens (including phenoxy) is 1. The van der Waals surface area contributed by atoms with E-state index in [-0.39, 0.29) is 22.1 Å². The lowest BCUT2D eigenvalue weighted by atomic mass is 10.2. The first-order chi connectivity index (χ1) is 13.1. The van der Waals surface area contributed by atoms with Gasteiger partial charge in [-0.05, 0) is 24.3 Å². The largest absolute Gasteiger partial charge is 0.465 e. The van der Waals surface area contributed by atoms with Crippen LogP contribution in [0, 0.1) is 10.1 Å². The van der Waals surface area contributed by atoms with Gasteiger partial charge in [-0.2, -0.15) is 0 Å². The van der Waals surface area contributed by atoms with Gasteiger partial charge in [0, 0.05) is 4.90 Å². The second-order valence-corrected chi connectivity index (χ2v) is 6.27. The van der Waals surface area contributed by atoms with Gasteiger partial charge in [0.2, 0.25) is 5.82 Å². The molecular formula is C18H14N4O4S. The standard InChI is InChI=1S/C18H14N4O4S/c1-26-18(23)13-9-5-6-10-14(13)21-16-15(22(24)25)17(20-11-19-16)27-12-7-3-2-4-8-12/h2-11H,1H3,(H,19,20,21). The van der Waals surface area contributed by atoms with Crippen molar-refractivity contribution in [2.24, 2.45) is 0 Å². The van der Waals surface area contributed by atoms with E-state index < -0.39 is 10.9 Å². The van der Waals surface area contributed by atoms with E-state index in [1.54, 1.807) is 24.3 Å². The highest BCUT2D eigenvalue weighted by Crippen LogP contribution is 2.37. The van der Waals surface area contributed by atoms with Gasteiger partial charge in [0.25, 0.3) is 0 Å². The molecule has 0 spiro atoms. The van der Waals surface area contributed by atoms with Crippen LogP contribution in [-0.4, -0.2) is 28.0 Å². The lowest BCUT2D eigenvalue weighted by Crippen LogP contribution is -2.08. The fraction of sp³-hybridized carbons (Fsp3) is 0.0556. The third kappa shape index (κ3) is 4.21. The molecular weight excluding hydrogens is 368 g/mol. The topological polar surface area (TPSA) is 107 Å². The van der Waals surface area contributed by atoms with Crippen LogP contribution < -0.4 is 5.32 Å². The van der Waals surface area contributed by atoms with Gasteiger partial charge in [0.1, 0.15) is 6.33 Å². The SMILES string of the molecule is COC(=O)c1ccccc1Nc1ncnc(Sc2ccccc2)c1[N+](=O)[O-]. The Labute approximate surface area is 158 Å². The van der Waals surface area contributed by atoms with E-state index in [0.29, 0.717) is 5.69 Å². The predicted molar refractivity (Wildman–Crippen MR) is 100 cm³/mol. The molecule has 0 aliphatic rings. The molecule has 0 atom stereocenters. The number of nitrogens with zero attached hydrogens (tertiary/aromatic N) is 3. The summed E-state index contributed by atoms with van der Waals surface area (Å²) in [7, 11) is 1.26. The van der Waals surface area contributed by atoms with Crippen molar-refractivity contribution in [2.45, 2.75) is 9.92 Å². The maximum absolute atomic E-state index is 11.9. The zero-order chi connectivity index (χ0) is 19.2. The minimum absolute atomic E-state index is 0.00946. The van der Waals surface area contributed by atoms with E-state index >= 15 is 0 Å². The Bertz CT molecular complexity index is 982. The third-order valence-corrected chi connectivity index (χ3v) is 4.51. The summed E-state index contributed by atoms with van der Waals surface area (Å²) in [6.07, 6.45) is 1.24. The highest BCUT2D eigenvalue weighted by Gasteiger charge is 2.25. The van der Waals surface area contributed by atoms with Crippen LogP contribution >= 0.6 is 11.8 Å². The monoisotopic (exact) mass is 382 g/mol. The molecule has 0 saturated carbocycles. The summed E-state index contributed by atoms with van der Waals surface area (Å²) in [6.45, 7) is 0. The number of methoxy groups -OCH3 is 1. The Balaban J connectivity index is 2.01. The van der Waals surface area contributed by atoms with Gasteiger partial charge < -0.3 is 10.1 Å². The van der Waals surface area contributed by atoms with E-state index in [2.05, 4.69) is 15.3 Å². The molecule has 1 N–H and O–H groups in total. The summed E-state index contributed by atoms with van der Waals surface area (Å²) in [5.41, 5.74) is 0.318. The quantitative estimate of drug-likeness (QED) is 0.294. The number of nitrogens with one attached hydrogen (secondary N) is 1. The van der Waals surface area contributed by atoms with Crippen molar-refractivity contribution in [3.63, 3.8) is 0 Å². The van der Waals surface area contributed by atoms with E-state index in [9.17, 15) is 14.9 Å². The average molecular weight is 382 g/mol. The summed E-state index contributed by atoms with van der Waals surface area (Å²) in [4.78, 5) is 31.9. The van der Waals surface area contributed by atoms with Crippen molar-refractivity contribution in [1.29, 1.82) is 0 Å². The zero-order valence-corrected chi connectivity index (χ0v) is 15.0. The smallest absolute Gasteiger partial charge is 0.343 e. The van der Waals surface area contributed by atoms with Crippen LogP contribution in [0.5, 0.6) is 0 Å². The minimum atomic E-state index is -0.561. The molecule has 8 nitrogen and oxygen atoms in total. The minimum Gasteiger partial charge on any atom is -0.465 e. The van der Waals surface area contributed by atoms with Crippen LogP contribution in [0.15, 0.2) is 70.8 Å². The van der Waals surface area contributed by atoms with E-state index in [1.165, 1.54) is 13.4 Å². The van der Waals surface area contributed by atoms with E-state index in [4.69, 9.17) is 4.74 Å². The molecule has 1 aromatic heterocycles. The van der Waals surface area contributed by atoms with Gasteiger partial charge in [-0.25, -0.2) is 14.8 Å². The number of benzene rings is 2. The average Bonchev–Trinajstić information content (AvgIpc) is 2.68. The Hall–Kier alpha value is -3.46. The summed E-state index contributed by atoms with van der Waals surface area (Å²) in [6, 6.07) is 15.7. The maximum atomic E-state index is 11.9. The molecule has 136 valence electrons. The third-order valence-electron chi connectivity index (χ3n) is 3.51. The number of carbonyl (C=O) groups is 1. The highest BCUT2D eigenvalue weighted by atomic mass is 32.2. The van der Waals surface area contributed by atoms with Crippen molar-refractivity contribution in [2.75, 3.05) is 12.4 Å². The molecule has 9 heteroatoms. The predicted octanol–water partition coefficient (Wildman–Crippen LogP) is 4.07. The van der Waals surface area contributed by atoms with Crippen LogP contribution in [0.3, 0.4) is 0 Å². The fourth-order valence-corrected chi connectivity index (χ4v) is 3.19. The lowest BCUT2D eigenvalue weighted by molar-refractivity contribution is -0.387. The Morgan fingerprint density at radius 3 is 2.52 bits per heavy atom. The number of carbonyl (C=O) groups excluding carboxylic acids is 1. The highest BCUT2D eigenvalue weighted by molar-refractivity contribution is 7.99. The summed E-state index contributed by atoms with van der Waals surface area (Å²) in [5.74, 6) is -0.571. The molecule has 1 heterocycles. The summed E-state index contributed by atoms with van der Waals surface area (Å²) < 4.78 is 4.75. The van der Waals surface area contributed by atoms with Crippen molar-refractivity contribution in [3.8, 4) is 0 Å². The second-order valence-electron chi connectivity index (χ2n) is 5.21. The van der Waals surface area contributed by atoms with Gasteiger partial charge in [0.05, 0.1) is 23.3 Å². The molecule has 0 aliphatic heterocycles. The van der Waals surface area contributed by atoms with Crippen LogP contribution in [0.25, 0.3) is 0 Å². The van der Waals surface area contributed by atoms with Crippen LogP contribution in [0.1, 0.15) is 10.4 Å². The Morgan fingerprint density at radius 1 is 1.11 bits per heavy atom. The number of hydrogen-bond donors (Lipinski definition) is 1. The maximum Gasteiger partial charge on any atom is 0.343 e. The van der Waals surface area contributed by atoms with E-state index in [0.717, 1.165) is 16.7 Å². The van der Waals surface area contributed by atoms with Crippen molar-refractivity contribution in [3.05, 3.63) is 76.6 Å². The second kappa shape index (κ2) is 8.28. The first-order valence-corrected chi connectivity index (χ1v) is 8.58. The molecule has 0 radical (unpaired) electrons. The molecule has 0 fully saturated rings. The normalized spacial score (nSPS) is 10.3. The first kappa shape index (κ1) is 18.3. The van der Waals surface area contributed by atoms with Crippen molar-refractivity contribution in [1.82, 2.24) is 9.97 Å². The van der Waals surface area contributed by atoms with Crippen LogP contribution in [0.2, 0.25) is 0 Å². The molecule has 0 amide bonds. The molecule has 27 heavy (non-hydrogen) atoms. The van der Waals surface area contributed by atoms with Gasteiger partial charge in [-0.3, -0.25) is 10.1 Å². The number of nitro groups is 1. The number of aromatic nitrogens is 2. The van der Waals surface area contributed by atoms with Gasteiger partial charge >= 0.3 is 11.7 Å². The zero-order valence-electron chi connectivity index (χ0n) is 14.2. The van der Waals surface area contributed by atoms with Gasteiger partial charge in [0.15, 0.2) is 5.03 Å². The van der Waals surface area contributed by atoms with Gasteiger partial charge in [-0.15, -0.1) is 0 Å². The Kier molecular flexibility index (Phi) is 5.62. The number of esters is 1. The lowest BCUT2D eigenvalue weighted by Gasteiger charge is -2.11. The van der Waals surface area contributed by atoms with Crippen molar-refractivity contribution < 1.29 is 14.5 Å². The molecule has 0 saturated heterocycles. The number of para-hydroxylation sites is 1. The molecule has 3 aromatic rings. The fourth-order valence-electron chi connectivity index (χ4n) is 2.30. The van der Waals surface area contributed by atoms with Crippen LogP contribution in [-0.2, 0) is 4.74 Å². The Morgan fingerprint density at radius 2 is 1.81 bits per heavy atom. The molecule has 3 rings (SSSR count). The van der Waals surface area contributed by atoms with E-state index in [1.807, 2.05) is 30.3 Å². The summed E-state index contributed by atoms with van der Waals surface area (Å²) in [5, 5.41) is 14.7. The molecule has 2 aromatic carbocycles. The number of rotatable bonds is 6. The van der Waals surface area contributed by atoms with Crippen LogP contribution in [0.4, 0.5) is 17.2 Å². The number of anilines is 2. The number of hydrogen-bond acceptors (Lipinski definition) is 8. The molecule has 0 unspecified atom stereocenters. The van der Waals surface area contributed by atoms with Gasteiger partial charge in [-0.1, -0.05) is 42.1 Å². The molecule has 0 bridgehead atoms. The first-order valence-electron chi connectivity index (χ1n) is 7.77. The summed E-state index contributed by atoms with van der Waals surface area (Å²) >= 11 is 1.16. The molecule has 0 aliphatic carbocycles.